The number of aliphatic carboxylic acids is 2. The van der Waals surface area contributed by atoms with Crippen molar-refractivity contribution in [3.8, 4) is 5.75 Å². The number of rotatable bonds is 4. The van der Waals surface area contributed by atoms with Crippen LogP contribution in [0.3, 0.4) is 0 Å². The Morgan fingerprint density at radius 2 is 1.59 bits per heavy atom. The summed E-state index contributed by atoms with van der Waals surface area (Å²) in [5.74, 6) is -2.74. The fourth-order valence-electron chi connectivity index (χ4n) is 2.01. The number of halogens is 1. The van der Waals surface area contributed by atoms with Crippen molar-refractivity contribution < 1.29 is 24.5 Å². The average Bonchev–Trinajstić information content (AvgIpc) is 2.51. The van der Waals surface area contributed by atoms with E-state index in [4.69, 9.17) is 36.1 Å². The third-order valence-corrected chi connectivity index (χ3v) is 3.37. The first-order valence-electron chi connectivity index (χ1n) is 7.06. The van der Waals surface area contributed by atoms with Gasteiger partial charge in [0.1, 0.15) is 12.4 Å². The molecule has 0 atom stereocenters. The number of carboxylic acids is 2. The number of likely N-dealkylation sites (tertiary alicyclic amines) is 1. The number of hydrogen-bond donors (Lipinski definition) is 2. The fraction of sp³-hybridized carbons (Fsp3) is 0.467. The van der Waals surface area contributed by atoms with E-state index in [1.807, 2.05) is 24.3 Å². The lowest BCUT2D eigenvalue weighted by Crippen LogP contribution is -2.33. The smallest absolute Gasteiger partial charge is 0.414 e. The predicted octanol–water partition coefficient (Wildman–Crippen LogP) is 2.36. The molecule has 0 unspecified atom stereocenters. The second-order valence-corrected chi connectivity index (χ2v) is 5.25. The maximum absolute atomic E-state index is 9.10. The Labute approximate surface area is 134 Å². The second-order valence-electron chi connectivity index (χ2n) is 4.81. The molecule has 1 aromatic rings. The van der Waals surface area contributed by atoms with Crippen LogP contribution in [-0.4, -0.2) is 53.3 Å². The number of carbonyl (C=O) groups is 2. The number of piperidine rings is 1. The van der Waals surface area contributed by atoms with Crippen LogP contribution in [0.25, 0.3) is 0 Å². The van der Waals surface area contributed by atoms with Crippen molar-refractivity contribution >= 4 is 23.5 Å². The van der Waals surface area contributed by atoms with Crippen LogP contribution in [0.1, 0.15) is 19.3 Å². The van der Waals surface area contributed by atoms with Gasteiger partial charge < -0.3 is 14.9 Å². The summed E-state index contributed by atoms with van der Waals surface area (Å²) in [6.07, 6.45) is 4.05. The molecule has 0 amide bonds. The molecule has 1 aromatic carbocycles. The molecule has 6 nitrogen and oxygen atoms in total. The minimum absolute atomic E-state index is 0.753. The molecule has 0 aliphatic carbocycles. The molecule has 0 bridgehead atoms. The number of nitrogens with zero attached hydrogens (tertiary/aromatic N) is 1. The topological polar surface area (TPSA) is 87.1 Å². The van der Waals surface area contributed by atoms with Crippen molar-refractivity contribution in [3.05, 3.63) is 29.3 Å². The molecule has 22 heavy (non-hydrogen) atoms. The molecule has 0 aromatic heterocycles. The Morgan fingerprint density at radius 1 is 1.05 bits per heavy atom. The molecule has 0 radical (unpaired) electrons. The van der Waals surface area contributed by atoms with E-state index in [0.717, 1.165) is 23.9 Å². The van der Waals surface area contributed by atoms with E-state index in [1.165, 1.54) is 32.4 Å². The van der Waals surface area contributed by atoms with Crippen LogP contribution >= 0.6 is 11.6 Å². The van der Waals surface area contributed by atoms with Crippen LogP contribution in [-0.2, 0) is 9.59 Å². The lowest BCUT2D eigenvalue weighted by atomic mass is 10.1. The Balaban J connectivity index is 0.000000346. The third kappa shape index (κ3) is 7.85. The monoisotopic (exact) mass is 329 g/mol. The summed E-state index contributed by atoms with van der Waals surface area (Å²) in [6, 6.07) is 7.55. The zero-order valence-electron chi connectivity index (χ0n) is 12.2. The summed E-state index contributed by atoms with van der Waals surface area (Å²) >= 11 is 5.80. The Hall–Kier alpha value is -1.79. The van der Waals surface area contributed by atoms with E-state index < -0.39 is 11.9 Å². The van der Waals surface area contributed by atoms with E-state index in [2.05, 4.69) is 4.90 Å². The van der Waals surface area contributed by atoms with Gasteiger partial charge in [0.25, 0.3) is 0 Å². The maximum Gasteiger partial charge on any atom is 0.414 e. The lowest BCUT2D eigenvalue weighted by Gasteiger charge is -2.26. The minimum Gasteiger partial charge on any atom is -0.492 e. The van der Waals surface area contributed by atoms with Crippen molar-refractivity contribution in [2.45, 2.75) is 19.3 Å². The zero-order chi connectivity index (χ0) is 16.4. The molecule has 1 heterocycles. The van der Waals surface area contributed by atoms with Crippen molar-refractivity contribution in [1.82, 2.24) is 4.90 Å². The summed E-state index contributed by atoms with van der Waals surface area (Å²) in [6.45, 7) is 4.25. The predicted molar refractivity (Wildman–Crippen MR) is 82.5 cm³/mol. The van der Waals surface area contributed by atoms with Crippen LogP contribution in [0.15, 0.2) is 24.3 Å². The highest BCUT2D eigenvalue weighted by Gasteiger charge is 2.09. The molecular formula is C15H20ClNO5. The van der Waals surface area contributed by atoms with Crippen LogP contribution in [0.4, 0.5) is 0 Å². The number of hydrogen-bond acceptors (Lipinski definition) is 4. The summed E-state index contributed by atoms with van der Waals surface area (Å²) in [7, 11) is 0. The van der Waals surface area contributed by atoms with Gasteiger partial charge in [-0.1, -0.05) is 18.0 Å². The SMILES string of the molecule is Clc1ccc(OCCN2CCCCC2)cc1.O=C(O)C(=O)O. The number of ether oxygens (including phenoxy) is 1. The molecular weight excluding hydrogens is 310 g/mol. The van der Waals surface area contributed by atoms with Gasteiger partial charge in [-0.25, -0.2) is 9.59 Å². The van der Waals surface area contributed by atoms with Gasteiger partial charge in [0.05, 0.1) is 0 Å². The van der Waals surface area contributed by atoms with Crippen molar-refractivity contribution in [2.24, 2.45) is 0 Å². The normalized spacial score (nSPS) is 14.6. The fourth-order valence-corrected chi connectivity index (χ4v) is 2.13. The first-order valence-corrected chi connectivity index (χ1v) is 7.44. The van der Waals surface area contributed by atoms with Gasteiger partial charge in [0.15, 0.2) is 0 Å². The molecule has 0 saturated carbocycles. The summed E-state index contributed by atoms with van der Waals surface area (Å²) in [5.41, 5.74) is 0. The third-order valence-electron chi connectivity index (χ3n) is 3.12. The number of benzene rings is 1. The summed E-state index contributed by atoms with van der Waals surface area (Å²) < 4.78 is 5.66. The van der Waals surface area contributed by atoms with Gasteiger partial charge in [0, 0.05) is 11.6 Å². The molecule has 2 rings (SSSR count). The molecule has 1 saturated heterocycles. The average molecular weight is 330 g/mol. The first-order chi connectivity index (χ1) is 10.5. The van der Waals surface area contributed by atoms with Gasteiger partial charge in [-0.15, -0.1) is 0 Å². The quantitative estimate of drug-likeness (QED) is 0.825. The van der Waals surface area contributed by atoms with Crippen LogP contribution < -0.4 is 4.74 Å². The van der Waals surface area contributed by atoms with Crippen LogP contribution in [0, 0.1) is 0 Å². The standard InChI is InChI=1S/C13H18ClNO.C2H2O4/c14-12-4-6-13(7-5-12)16-11-10-15-8-2-1-3-9-15;3-1(4)2(5)6/h4-7H,1-3,8-11H2;(H,3,4)(H,5,6). The molecule has 0 spiro atoms. The maximum atomic E-state index is 9.10. The largest absolute Gasteiger partial charge is 0.492 e. The highest BCUT2D eigenvalue weighted by atomic mass is 35.5. The van der Waals surface area contributed by atoms with Gasteiger partial charge in [-0.2, -0.15) is 0 Å². The minimum atomic E-state index is -1.82. The van der Waals surface area contributed by atoms with Gasteiger partial charge in [-0.3, -0.25) is 4.90 Å². The molecule has 2 N–H and O–H groups in total. The van der Waals surface area contributed by atoms with Gasteiger partial charge in [0.2, 0.25) is 0 Å². The van der Waals surface area contributed by atoms with Crippen LogP contribution in [0.5, 0.6) is 5.75 Å². The summed E-state index contributed by atoms with van der Waals surface area (Å²) in [5, 5.41) is 15.5. The van der Waals surface area contributed by atoms with E-state index in [-0.39, 0.29) is 0 Å². The lowest BCUT2D eigenvalue weighted by molar-refractivity contribution is -0.159. The van der Waals surface area contributed by atoms with E-state index >= 15 is 0 Å². The van der Waals surface area contributed by atoms with Crippen molar-refractivity contribution in [1.29, 1.82) is 0 Å². The zero-order valence-corrected chi connectivity index (χ0v) is 13.0. The molecule has 1 aliphatic rings. The van der Waals surface area contributed by atoms with Gasteiger partial charge in [-0.05, 0) is 50.2 Å². The van der Waals surface area contributed by atoms with Crippen LogP contribution in [0.2, 0.25) is 5.02 Å². The van der Waals surface area contributed by atoms with Gasteiger partial charge >= 0.3 is 11.9 Å². The van der Waals surface area contributed by atoms with Crippen molar-refractivity contribution in [2.75, 3.05) is 26.2 Å². The van der Waals surface area contributed by atoms with E-state index in [9.17, 15) is 0 Å². The Bertz CT molecular complexity index is 459. The van der Waals surface area contributed by atoms with E-state index in [1.54, 1.807) is 0 Å². The molecule has 1 fully saturated rings. The molecule has 1 aliphatic heterocycles. The Morgan fingerprint density at radius 3 is 2.09 bits per heavy atom. The first kappa shape index (κ1) is 18.3. The molecule has 122 valence electrons. The van der Waals surface area contributed by atoms with Crippen molar-refractivity contribution in [3.63, 3.8) is 0 Å². The highest BCUT2D eigenvalue weighted by molar-refractivity contribution is 6.30. The Kier molecular flexibility index (Phi) is 8.32. The highest BCUT2D eigenvalue weighted by Crippen LogP contribution is 2.15. The van der Waals surface area contributed by atoms with E-state index in [0.29, 0.717) is 0 Å². The number of carboxylic acid groups (broad SMARTS) is 2. The summed E-state index contributed by atoms with van der Waals surface area (Å²) in [4.78, 5) is 20.7. The molecule has 7 heteroatoms. The second kappa shape index (κ2) is 10.0.